The zero-order valence-corrected chi connectivity index (χ0v) is 17.0. The lowest BCUT2D eigenvalue weighted by atomic mass is 9.80. The Morgan fingerprint density at radius 1 is 1.00 bits per heavy atom. The fourth-order valence-corrected chi connectivity index (χ4v) is 4.75. The SMILES string of the molecule is CC=C1CC(COc2ccc3c(sc4c(F)c(OCCCC)ccc43)c2F)C1. The molecule has 0 aliphatic heterocycles. The van der Waals surface area contributed by atoms with E-state index in [-0.39, 0.29) is 11.5 Å². The lowest BCUT2D eigenvalue weighted by molar-refractivity contribution is 0.211. The van der Waals surface area contributed by atoms with Crippen LogP contribution in [-0.2, 0) is 0 Å². The van der Waals surface area contributed by atoms with Gasteiger partial charge in [-0.05, 0) is 50.5 Å². The predicted molar refractivity (Wildman–Crippen MR) is 112 cm³/mol. The van der Waals surface area contributed by atoms with Crippen molar-refractivity contribution < 1.29 is 18.3 Å². The first-order valence-corrected chi connectivity index (χ1v) is 10.7. The molecule has 0 spiro atoms. The maximum atomic E-state index is 15.0. The van der Waals surface area contributed by atoms with Crippen LogP contribution in [0, 0.1) is 17.6 Å². The summed E-state index contributed by atoms with van der Waals surface area (Å²) in [7, 11) is 0. The summed E-state index contributed by atoms with van der Waals surface area (Å²) in [5.74, 6) is 0.105. The van der Waals surface area contributed by atoms with E-state index in [0.29, 0.717) is 39.3 Å². The summed E-state index contributed by atoms with van der Waals surface area (Å²) in [6, 6.07) is 6.92. The van der Waals surface area contributed by atoms with Gasteiger partial charge >= 0.3 is 0 Å². The minimum atomic E-state index is -0.412. The summed E-state index contributed by atoms with van der Waals surface area (Å²) < 4.78 is 42.0. The van der Waals surface area contributed by atoms with Gasteiger partial charge < -0.3 is 9.47 Å². The predicted octanol–water partition coefficient (Wildman–Crippen LogP) is 7.25. The minimum Gasteiger partial charge on any atom is -0.490 e. The highest BCUT2D eigenvalue weighted by Gasteiger charge is 2.24. The number of benzene rings is 2. The number of unbranched alkanes of at least 4 members (excludes halogenated alkanes) is 1. The van der Waals surface area contributed by atoms with Gasteiger partial charge in [0.2, 0.25) is 0 Å². The highest BCUT2D eigenvalue weighted by atomic mass is 32.1. The molecule has 0 N–H and O–H groups in total. The summed E-state index contributed by atoms with van der Waals surface area (Å²) in [4.78, 5) is 0. The number of halogens is 2. The van der Waals surface area contributed by atoms with Crippen LogP contribution >= 0.6 is 11.3 Å². The number of hydrogen-bond acceptors (Lipinski definition) is 3. The average Bonchev–Trinajstić information content (AvgIpc) is 3.05. The summed E-state index contributed by atoms with van der Waals surface area (Å²) in [6.07, 6.45) is 6.03. The van der Waals surface area contributed by atoms with Crippen molar-refractivity contribution in [1.82, 2.24) is 0 Å². The molecule has 1 saturated carbocycles. The van der Waals surface area contributed by atoms with Crippen LogP contribution < -0.4 is 9.47 Å². The topological polar surface area (TPSA) is 18.5 Å². The summed E-state index contributed by atoms with van der Waals surface area (Å²) in [5.41, 5.74) is 1.43. The van der Waals surface area contributed by atoms with E-state index < -0.39 is 11.6 Å². The number of hydrogen-bond donors (Lipinski definition) is 0. The summed E-state index contributed by atoms with van der Waals surface area (Å²) in [6.45, 7) is 5.09. The van der Waals surface area contributed by atoms with E-state index >= 15 is 4.39 Å². The molecule has 0 amide bonds. The number of rotatable bonds is 7. The van der Waals surface area contributed by atoms with Gasteiger partial charge in [0.05, 0.1) is 22.6 Å². The maximum Gasteiger partial charge on any atom is 0.182 e. The Kier molecular flexibility index (Phi) is 5.54. The first-order valence-electron chi connectivity index (χ1n) is 9.85. The molecule has 0 atom stereocenters. The minimum absolute atomic E-state index is 0.231. The second kappa shape index (κ2) is 8.08. The van der Waals surface area contributed by atoms with E-state index in [0.717, 1.165) is 37.0 Å². The van der Waals surface area contributed by atoms with Gasteiger partial charge in [-0.2, -0.15) is 0 Å². The Bertz CT molecular complexity index is 1030. The van der Waals surface area contributed by atoms with Crippen LogP contribution in [-0.4, -0.2) is 13.2 Å². The molecule has 0 unspecified atom stereocenters. The van der Waals surface area contributed by atoms with Crippen LogP contribution in [0.15, 0.2) is 35.9 Å². The first-order chi connectivity index (χ1) is 13.6. The van der Waals surface area contributed by atoms with Crippen molar-refractivity contribution in [3.8, 4) is 11.5 Å². The zero-order valence-electron chi connectivity index (χ0n) is 16.2. The third kappa shape index (κ3) is 3.48. The van der Waals surface area contributed by atoms with Crippen molar-refractivity contribution in [3.05, 3.63) is 47.5 Å². The molecule has 3 aromatic rings. The van der Waals surface area contributed by atoms with Crippen LogP contribution in [0.2, 0.25) is 0 Å². The van der Waals surface area contributed by atoms with Gasteiger partial charge in [0, 0.05) is 16.7 Å². The smallest absolute Gasteiger partial charge is 0.182 e. The van der Waals surface area contributed by atoms with E-state index in [2.05, 4.69) is 13.0 Å². The van der Waals surface area contributed by atoms with Crippen LogP contribution in [0.5, 0.6) is 11.5 Å². The van der Waals surface area contributed by atoms with Crippen LogP contribution in [0.4, 0.5) is 8.78 Å². The molecule has 4 rings (SSSR count). The monoisotopic (exact) mass is 402 g/mol. The summed E-state index contributed by atoms with van der Waals surface area (Å²) >= 11 is 1.12. The van der Waals surface area contributed by atoms with Crippen molar-refractivity contribution in [2.45, 2.75) is 39.5 Å². The molecule has 1 fully saturated rings. The third-order valence-corrected chi connectivity index (χ3v) is 6.56. The van der Waals surface area contributed by atoms with Crippen LogP contribution in [0.25, 0.3) is 20.2 Å². The second-order valence-electron chi connectivity index (χ2n) is 7.35. The molecule has 1 aliphatic carbocycles. The highest BCUT2D eigenvalue weighted by molar-refractivity contribution is 7.25. The maximum absolute atomic E-state index is 15.0. The Balaban J connectivity index is 1.60. The van der Waals surface area contributed by atoms with Crippen molar-refractivity contribution in [3.63, 3.8) is 0 Å². The van der Waals surface area contributed by atoms with Crippen LogP contribution in [0.1, 0.15) is 39.5 Å². The average molecular weight is 403 g/mol. The number of thiophene rings is 1. The standard InChI is InChI=1S/C23H24F2O2S/c1-3-5-10-26-18-8-6-16-17-7-9-19(27-13-15-11-14(4-2)12-15)21(25)23(17)28-22(16)20(18)24/h4,6-9,15H,3,5,10-13H2,1-2H3. The van der Waals surface area contributed by atoms with Gasteiger partial charge in [-0.1, -0.05) is 25.0 Å². The molecule has 1 heterocycles. The van der Waals surface area contributed by atoms with Crippen molar-refractivity contribution >= 4 is 31.5 Å². The third-order valence-electron chi connectivity index (χ3n) is 5.36. The molecule has 0 radical (unpaired) electrons. The van der Waals surface area contributed by atoms with E-state index in [1.54, 1.807) is 12.1 Å². The molecule has 1 aromatic heterocycles. The fourth-order valence-electron chi connectivity index (χ4n) is 3.59. The molecular weight excluding hydrogens is 378 g/mol. The molecule has 0 saturated heterocycles. The van der Waals surface area contributed by atoms with E-state index in [4.69, 9.17) is 9.47 Å². The lowest BCUT2D eigenvalue weighted by Crippen LogP contribution is -2.22. The molecule has 1 aliphatic rings. The van der Waals surface area contributed by atoms with Crippen molar-refractivity contribution in [2.24, 2.45) is 5.92 Å². The zero-order chi connectivity index (χ0) is 19.7. The Morgan fingerprint density at radius 2 is 1.61 bits per heavy atom. The molecular formula is C23H24F2O2S. The molecule has 2 nitrogen and oxygen atoms in total. The largest absolute Gasteiger partial charge is 0.490 e. The molecule has 0 bridgehead atoms. The normalized spacial score (nSPS) is 16.4. The van der Waals surface area contributed by atoms with Gasteiger partial charge in [0.15, 0.2) is 23.1 Å². The quantitative estimate of drug-likeness (QED) is 0.306. The molecule has 28 heavy (non-hydrogen) atoms. The molecule has 5 heteroatoms. The van der Waals surface area contributed by atoms with Gasteiger partial charge in [-0.3, -0.25) is 0 Å². The van der Waals surface area contributed by atoms with Gasteiger partial charge in [-0.25, -0.2) is 8.78 Å². The Labute approximate surface area is 167 Å². The second-order valence-corrected chi connectivity index (χ2v) is 8.37. The van der Waals surface area contributed by atoms with E-state index in [1.165, 1.54) is 5.57 Å². The van der Waals surface area contributed by atoms with Gasteiger partial charge in [0.1, 0.15) is 0 Å². The summed E-state index contributed by atoms with van der Waals surface area (Å²) in [5, 5.41) is 1.42. The van der Waals surface area contributed by atoms with Gasteiger partial charge in [-0.15, -0.1) is 11.3 Å². The Morgan fingerprint density at radius 3 is 2.18 bits per heavy atom. The first kappa shape index (κ1) is 19.2. The molecule has 2 aromatic carbocycles. The van der Waals surface area contributed by atoms with E-state index in [9.17, 15) is 4.39 Å². The van der Waals surface area contributed by atoms with E-state index in [1.807, 2.05) is 19.1 Å². The highest BCUT2D eigenvalue weighted by Crippen LogP contribution is 2.42. The van der Waals surface area contributed by atoms with Crippen molar-refractivity contribution in [1.29, 1.82) is 0 Å². The fraction of sp³-hybridized carbons (Fsp3) is 0.391. The Hall–Kier alpha value is -2.14. The van der Waals surface area contributed by atoms with Crippen LogP contribution in [0.3, 0.4) is 0 Å². The molecule has 148 valence electrons. The number of fused-ring (bicyclic) bond motifs is 3. The lowest BCUT2D eigenvalue weighted by Gasteiger charge is -2.29. The number of allylic oxidation sites excluding steroid dienone is 2. The number of ether oxygens (including phenoxy) is 2. The van der Waals surface area contributed by atoms with Crippen molar-refractivity contribution in [2.75, 3.05) is 13.2 Å². The van der Waals surface area contributed by atoms with Gasteiger partial charge in [0.25, 0.3) is 0 Å².